The van der Waals surface area contributed by atoms with Gasteiger partial charge in [-0.05, 0) is 42.5 Å². The van der Waals surface area contributed by atoms with Crippen LogP contribution in [0.3, 0.4) is 0 Å². The number of benzene rings is 2. The van der Waals surface area contributed by atoms with Gasteiger partial charge in [0.05, 0.1) is 19.1 Å². The summed E-state index contributed by atoms with van der Waals surface area (Å²) in [5.74, 6) is 0.848. The van der Waals surface area contributed by atoms with E-state index in [1.807, 2.05) is 0 Å². The molecule has 0 saturated heterocycles. The lowest BCUT2D eigenvalue weighted by atomic mass is 10.1. The maximum absolute atomic E-state index is 12.1. The van der Waals surface area contributed by atoms with Crippen LogP contribution >= 0.6 is 0 Å². The molecule has 0 unspecified atom stereocenters. The van der Waals surface area contributed by atoms with Crippen LogP contribution in [0, 0.1) is 0 Å². The molecule has 0 radical (unpaired) electrons. The molecule has 0 spiro atoms. The second-order valence-electron chi connectivity index (χ2n) is 5.23. The molecule has 0 saturated carbocycles. The molecule has 1 amide bonds. The fourth-order valence-electron chi connectivity index (χ4n) is 2.12. The zero-order valence-corrected chi connectivity index (χ0v) is 15.0. The molecule has 0 heterocycles. The predicted octanol–water partition coefficient (Wildman–Crippen LogP) is 2.76. The Bertz CT molecular complexity index is 903. The van der Waals surface area contributed by atoms with Gasteiger partial charge in [-0.25, -0.2) is 8.42 Å². The minimum absolute atomic E-state index is 0.142. The summed E-state index contributed by atoms with van der Waals surface area (Å²) in [6.07, 6.45) is 4.05. The molecule has 2 aromatic carbocycles. The van der Waals surface area contributed by atoms with E-state index in [1.165, 1.54) is 25.3 Å². The number of nitrogens with one attached hydrogen (secondary N) is 1. The van der Waals surface area contributed by atoms with Gasteiger partial charge in [0.2, 0.25) is 5.91 Å². The highest BCUT2D eigenvalue weighted by atomic mass is 32.2. The Hall–Kier alpha value is -2.80. The van der Waals surface area contributed by atoms with Crippen molar-refractivity contribution < 1.29 is 22.7 Å². The van der Waals surface area contributed by atoms with E-state index < -0.39 is 15.7 Å². The number of ether oxygens (including phenoxy) is 2. The van der Waals surface area contributed by atoms with Gasteiger partial charge in [-0.3, -0.25) is 4.79 Å². The molecule has 0 aliphatic rings. The van der Waals surface area contributed by atoms with E-state index in [9.17, 15) is 13.2 Å². The number of hydrogen-bond donors (Lipinski definition) is 1. The fraction of sp³-hybridized carbons (Fsp3) is 0.167. The maximum Gasteiger partial charge on any atom is 0.248 e. The summed E-state index contributed by atoms with van der Waals surface area (Å²) >= 11 is 0. The first kappa shape index (κ1) is 18.5. The first-order chi connectivity index (χ1) is 11.8. The quantitative estimate of drug-likeness (QED) is 0.800. The number of carbonyl (C=O) groups excluding carboxylic acids is 1. The molecule has 0 aromatic heterocycles. The van der Waals surface area contributed by atoms with Crippen molar-refractivity contribution in [1.29, 1.82) is 0 Å². The molecule has 2 rings (SSSR count). The highest BCUT2D eigenvalue weighted by Gasteiger charge is 2.08. The topological polar surface area (TPSA) is 81.7 Å². The van der Waals surface area contributed by atoms with E-state index in [0.717, 1.165) is 6.26 Å². The van der Waals surface area contributed by atoms with Crippen molar-refractivity contribution in [1.82, 2.24) is 0 Å². The van der Waals surface area contributed by atoms with Crippen molar-refractivity contribution >= 4 is 27.5 Å². The van der Waals surface area contributed by atoms with Crippen LogP contribution in [0.4, 0.5) is 5.69 Å². The van der Waals surface area contributed by atoms with Crippen molar-refractivity contribution in [2.24, 2.45) is 0 Å². The number of sulfone groups is 1. The zero-order chi connectivity index (χ0) is 18.4. The molecule has 132 valence electrons. The third kappa shape index (κ3) is 5.09. The average molecular weight is 361 g/mol. The SMILES string of the molecule is COc1ccc(OC)c(C=CC(=O)Nc2cccc(S(C)(=O)=O)c2)c1. The van der Waals surface area contributed by atoms with Crippen molar-refractivity contribution in [3.63, 3.8) is 0 Å². The second kappa shape index (κ2) is 7.85. The number of hydrogen-bond acceptors (Lipinski definition) is 5. The molecule has 2 aromatic rings. The van der Waals surface area contributed by atoms with Crippen LogP contribution in [0.2, 0.25) is 0 Å². The van der Waals surface area contributed by atoms with E-state index in [4.69, 9.17) is 9.47 Å². The summed E-state index contributed by atoms with van der Waals surface area (Å²) < 4.78 is 33.5. The van der Waals surface area contributed by atoms with Crippen LogP contribution < -0.4 is 14.8 Å². The van der Waals surface area contributed by atoms with Gasteiger partial charge in [0.15, 0.2) is 9.84 Å². The van der Waals surface area contributed by atoms with Crippen molar-refractivity contribution in [3.8, 4) is 11.5 Å². The van der Waals surface area contributed by atoms with Crippen LogP contribution in [0.25, 0.3) is 6.08 Å². The molecule has 0 aliphatic carbocycles. The molecular weight excluding hydrogens is 342 g/mol. The minimum atomic E-state index is -3.33. The van der Waals surface area contributed by atoms with Gasteiger partial charge < -0.3 is 14.8 Å². The second-order valence-corrected chi connectivity index (χ2v) is 7.25. The number of carbonyl (C=O) groups is 1. The Morgan fingerprint density at radius 1 is 1.08 bits per heavy atom. The van der Waals surface area contributed by atoms with E-state index in [-0.39, 0.29) is 4.90 Å². The van der Waals surface area contributed by atoms with E-state index >= 15 is 0 Å². The highest BCUT2D eigenvalue weighted by Crippen LogP contribution is 2.25. The summed E-state index contributed by atoms with van der Waals surface area (Å²) in [6.45, 7) is 0. The Morgan fingerprint density at radius 3 is 2.48 bits per heavy atom. The van der Waals surface area contributed by atoms with Gasteiger partial charge in [-0.1, -0.05) is 6.07 Å². The Morgan fingerprint density at radius 2 is 1.84 bits per heavy atom. The number of amides is 1. The van der Waals surface area contributed by atoms with Crippen molar-refractivity contribution in [3.05, 3.63) is 54.1 Å². The van der Waals surface area contributed by atoms with Gasteiger partial charge in [0, 0.05) is 23.6 Å². The van der Waals surface area contributed by atoms with Gasteiger partial charge in [-0.2, -0.15) is 0 Å². The molecule has 0 atom stereocenters. The number of anilines is 1. The first-order valence-electron chi connectivity index (χ1n) is 7.34. The number of methoxy groups -OCH3 is 2. The summed E-state index contributed by atoms with van der Waals surface area (Å²) in [5.41, 5.74) is 1.08. The molecule has 0 fully saturated rings. The average Bonchev–Trinajstić information content (AvgIpc) is 2.59. The van der Waals surface area contributed by atoms with Crippen LogP contribution in [0.5, 0.6) is 11.5 Å². The summed E-state index contributed by atoms with van der Waals surface area (Å²) in [6, 6.07) is 11.3. The Kier molecular flexibility index (Phi) is 5.82. The van der Waals surface area contributed by atoms with Crippen molar-refractivity contribution in [2.75, 3.05) is 25.8 Å². The summed E-state index contributed by atoms with van der Waals surface area (Å²) in [5, 5.41) is 2.63. The molecule has 6 nitrogen and oxygen atoms in total. The molecule has 1 N–H and O–H groups in total. The number of rotatable bonds is 6. The zero-order valence-electron chi connectivity index (χ0n) is 14.1. The Labute approximate surface area is 147 Å². The molecule has 0 bridgehead atoms. The normalized spacial score (nSPS) is 11.3. The monoisotopic (exact) mass is 361 g/mol. The minimum Gasteiger partial charge on any atom is -0.497 e. The fourth-order valence-corrected chi connectivity index (χ4v) is 2.79. The van der Waals surface area contributed by atoms with E-state index in [2.05, 4.69) is 5.32 Å². The lowest BCUT2D eigenvalue weighted by Crippen LogP contribution is -2.08. The summed E-state index contributed by atoms with van der Waals surface area (Å²) in [7, 11) is -0.243. The van der Waals surface area contributed by atoms with Gasteiger partial charge in [-0.15, -0.1) is 0 Å². The standard InChI is InChI=1S/C18H19NO5S/c1-23-15-8-9-17(24-2)13(11-15)7-10-18(20)19-14-5-4-6-16(12-14)25(3,21)22/h4-12H,1-3H3,(H,19,20). The highest BCUT2D eigenvalue weighted by molar-refractivity contribution is 7.90. The maximum atomic E-state index is 12.1. The van der Waals surface area contributed by atoms with Crippen LogP contribution in [-0.4, -0.2) is 34.8 Å². The van der Waals surface area contributed by atoms with Crippen LogP contribution in [0.1, 0.15) is 5.56 Å². The molecular formula is C18H19NO5S. The predicted molar refractivity (Wildman–Crippen MR) is 96.8 cm³/mol. The molecule has 0 aliphatic heterocycles. The third-order valence-corrected chi connectivity index (χ3v) is 4.49. The molecule has 7 heteroatoms. The van der Waals surface area contributed by atoms with Gasteiger partial charge in [0.1, 0.15) is 11.5 Å². The summed E-state index contributed by atoms with van der Waals surface area (Å²) in [4.78, 5) is 12.2. The van der Waals surface area contributed by atoms with Gasteiger partial charge in [0.25, 0.3) is 0 Å². The van der Waals surface area contributed by atoms with E-state index in [1.54, 1.807) is 43.5 Å². The third-order valence-electron chi connectivity index (χ3n) is 3.38. The van der Waals surface area contributed by atoms with Crippen LogP contribution in [0.15, 0.2) is 53.4 Å². The lowest BCUT2D eigenvalue weighted by molar-refractivity contribution is -0.111. The Balaban J connectivity index is 2.17. The molecule has 25 heavy (non-hydrogen) atoms. The van der Waals surface area contributed by atoms with E-state index in [0.29, 0.717) is 22.7 Å². The van der Waals surface area contributed by atoms with Crippen molar-refractivity contribution in [2.45, 2.75) is 4.90 Å². The largest absolute Gasteiger partial charge is 0.497 e. The van der Waals surface area contributed by atoms with Crippen LogP contribution in [-0.2, 0) is 14.6 Å². The smallest absolute Gasteiger partial charge is 0.248 e. The van der Waals surface area contributed by atoms with Gasteiger partial charge >= 0.3 is 0 Å². The first-order valence-corrected chi connectivity index (χ1v) is 9.24. The lowest BCUT2D eigenvalue weighted by Gasteiger charge is -2.07.